The fourth-order valence-electron chi connectivity index (χ4n) is 2.71. The lowest BCUT2D eigenvalue weighted by Gasteiger charge is -2.09. The first-order valence-electron chi connectivity index (χ1n) is 8.59. The number of hydrogen-bond donors (Lipinski definition) is 1. The van der Waals surface area contributed by atoms with Crippen LogP contribution in [-0.4, -0.2) is 18.2 Å². The average Bonchev–Trinajstić information content (AvgIpc) is 2.53. The molecule has 0 aliphatic carbocycles. The van der Waals surface area contributed by atoms with E-state index in [1.165, 1.54) is 51.4 Å². The van der Waals surface area contributed by atoms with E-state index in [9.17, 15) is 4.79 Å². The third-order valence-electron chi connectivity index (χ3n) is 4.08. The van der Waals surface area contributed by atoms with E-state index in [0.29, 0.717) is 5.75 Å². The van der Waals surface area contributed by atoms with E-state index in [2.05, 4.69) is 6.92 Å². The molecule has 0 fully saturated rings. The Labute approximate surface area is 134 Å². The van der Waals surface area contributed by atoms with Crippen molar-refractivity contribution in [3.63, 3.8) is 0 Å². The average molecular weight is 306 g/mol. The van der Waals surface area contributed by atoms with Gasteiger partial charge in [0.2, 0.25) is 0 Å². The van der Waals surface area contributed by atoms with E-state index in [1.54, 1.807) is 19.2 Å². The lowest BCUT2D eigenvalue weighted by atomic mass is 10.0. The zero-order valence-electron chi connectivity index (χ0n) is 14.1. The molecule has 0 saturated heterocycles. The first-order valence-corrected chi connectivity index (χ1v) is 8.59. The van der Waals surface area contributed by atoms with Gasteiger partial charge in [0.25, 0.3) is 0 Å². The van der Waals surface area contributed by atoms with Gasteiger partial charge in [0.05, 0.1) is 12.7 Å². The zero-order chi connectivity index (χ0) is 16.2. The molecule has 0 aliphatic heterocycles. The Morgan fingerprint density at radius 2 is 1.59 bits per heavy atom. The van der Waals surface area contributed by atoms with E-state index >= 15 is 0 Å². The largest absolute Gasteiger partial charge is 0.496 e. The van der Waals surface area contributed by atoms with Crippen molar-refractivity contribution in [3.8, 4) is 5.75 Å². The normalized spacial score (nSPS) is 10.6. The molecule has 1 aromatic carbocycles. The highest BCUT2D eigenvalue weighted by atomic mass is 16.5. The van der Waals surface area contributed by atoms with Gasteiger partial charge in [-0.05, 0) is 30.5 Å². The van der Waals surface area contributed by atoms with E-state index in [0.717, 1.165) is 18.4 Å². The van der Waals surface area contributed by atoms with Gasteiger partial charge in [-0.3, -0.25) is 0 Å². The van der Waals surface area contributed by atoms with Crippen molar-refractivity contribution in [1.82, 2.24) is 0 Å². The fraction of sp³-hybridized carbons (Fsp3) is 0.632. The number of carboxylic acid groups (broad SMARTS) is 1. The molecule has 124 valence electrons. The number of carbonyl (C=O) groups is 1. The number of aromatic carboxylic acids is 1. The molecule has 22 heavy (non-hydrogen) atoms. The van der Waals surface area contributed by atoms with Crippen LogP contribution in [0.15, 0.2) is 18.2 Å². The molecule has 0 heterocycles. The van der Waals surface area contributed by atoms with Gasteiger partial charge in [-0.15, -0.1) is 0 Å². The summed E-state index contributed by atoms with van der Waals surface area (Å²) >= 11 is 0. The number of aryl methyl sites for hydroxylation is 1. The van der Waals surface area contributed by atoms with Gasteiger partial charge in [0, 0.05) is 0 Å². The molecule has 1 aromatic rings. The van der Waals surface area contributed by atoms with Crippen LogP contribution in [0.3, 0.4) is 0 Å². The first-order chi connectivity index (χ1) is 10.7. The maximum absolute atomic E-state index is 11.0. The highest BCUT2D eigenvalue weighted by molar-refractivity contribution is 5.88. The molecule has 3 nitrogen and oxygen atoms in total. The van der Waals surface area contributed by atoms with Crippen LogP contribution >= 0.6 is 0 Å². The molecule has 0 spiro atoms. The van der Waals surface area contributed by atoms with Gasteiger partial charge in [-0.1, -0.05) is 64.4 Å². The maximum Gasteiger partial charge on any atom is 0.335 e. The van der Waals surface area contributed by atoms with Crippen molar-refractivity contribution in [1.29, 1.82) is 0 Å². The van der Waals surface area contributed by atoms with Crippen molar-refractivity contribution < 1.29 is 14.6 Å². The lowest BCUT2D eigenvalue weighted by Crippen LogP contribution is -1.99. The molecule has 1 rings (SSSR count). The number of methoxy groups -OCH3 is 1. The van der Waals surface area contributed by atoms with E-state index in [1.807, 2.05) is 6.07 Å². The van der Waals surface area contributed by atoms with E-state index < -0.39 is 5.97 Å². The minimum Gasteiger partial charge on any atom is -0.496 e. The molecular formula is C19H30O3. The molecule has 1 N–H and O–H groups in total. The van der Waals surface area contributed by atoms with Crippen LogP contribution in [0.5, 0.6) is 5.75 Å². The summed E-state index contributed by atoms with van der Waals surface area (Å²) in [4.78, 5) is 11.0. The number of carboxylic acids is 1. The van der Waals surface area contributed by atoms with E-state index in [4.69, 9.17) is 9.84 Å². The highest BCUT2D eigenvalue weighted by Gasteiger charge is 2.08. The molecule has 0 aliphatic rings. The van der Waals surface area contributed by atoms with Crippen LogP contribution in [0.4, 0.5) is 0 Å². The summed E-state index contributed by atoms with van der Waals surface area (Å²) in [6.07, 6.45) is 12.7. The van der Waals surface area contributed by atoms with Crippen molar-refractivity contribution in [2.24, 2.45) is 0 Å². The van der Waals surface area contributed by atoms with Gasteiger partial charge in [0.15, 0.2) is 0 Å². The molecule has 0 saturated carbocycles. The van der Waals surface area contributed by atoms with Crippen LogP contribution in [0, 0.1) is 0 Å². The topological polar surface area (TPSA) is 46.5 Å². The predicted molar refractivity (Wildman–Crippen MR) is 90.9 cm³/mol. The smallest absolute Gasteiger partial charge is 0.335 e. The lowest BCUT2D eigenvalue weighted by molar-refractivity contribution is 0.0696. The monoisotopic (exact) mass is 306 g/mol. The molecular weight excluding hydrogens is 276 g/mol. The molecule has 0 radical (unpaired) electrons. The van der Waals surface area contributed by atoms with Crippen molar-refractivity contribution in [2.45, 2.75) is 71.1 Å². The molecule has 0 unspecified atom stereocenters. The molecule has 3 heteroatoms. The van der Waals surface area contributed by atoms with Crippen LogP contribution in [-0.2, 0) is 6.42 Å². The summed E-state index contributed by atoms with van der Waals surface area (Å²) in [7, 11) is 1.60. The quantitative estimate of drug-likeness (QED) is 0.521. The summed E-state index contributed by atoms with van der Waals surface area (Å²) in [5, 5.41) is 8.99. The Morgan fingerprint density at radius 1 is 1.00 bits per heavy atom. The minimum atomic E-state index is -0.909. The Kier molecular flexibility index (Phi) is 9.36. The zero-order valence-corrected chi connectivity index (χ0v) is 14.1. The number of ether oxygens (including phenoxy) is 1. The molecule has 0 amide bonds. The SMILES string of the molecule is CCCCCCCCCCCc1ccc(C(=O)O)cc1OC. The first kappa shape index (κ1) is 18.5. The number of hydrogen-bond acceptors (Lipinski definition) is 2. The van der Waals surface area contributed by atoms with Crippen molar-refractivity contribution >= 4 is 5.97 Å². The number of rotatable bonds is 12. The molecule has 0 atom stereocenters. The van der Waals surface area contributed by atoms with Gasteiger partial charge in [0.1, 0.15) is 5.75 Å². The second-order valence-corrected chi connectivity index (χ2v) is 5.91. The Hall–Kier alpha value is -1.51. The maximum atomic E-state index is 11.0. The summed E-state index contributed by atoms with van der Waals surface area (Å²) in [5.74, 6) is -0.215. The van der Waals surface area contributed by atoms with E-state index in [-0.39, 0.29) is 5.56 Å². The van der Waals surface area contributed by atoms with Crippen LogP contribution in [0.25, 0.3) is 0 Å². The summed E-state index contributed by atoms with van der Waals surface area (Å²) in [5.41, 5.74) is 1.39. The third-order valence-corrected chi connectivity index (χ3v) is 4.08. The number of benzene rings is 1. The predicted octanol–water partition coefficient (Wildman–Crippen LogP) is 5.47. The van der Waals surface area contributed by atoms with Crippen molar-refractivity contribution in [2.75, 3.05) is 7.11 Å². The number of unbranched alkanes of at least 4 members (excludes halogenated alkanes) is 8. The standard InChI is InChI=1S/C19H30O3/c1-3-4-5-6-7-8-9-10-11-12-16-13-14-17(19(20)21)15-18(16)22-2/h13-15H,3-12H2,1-2H3,(H,20,21). The summed E-state index contributed by atoms with van der Waals surface area (Å²) in [6, 6.07) is 5.16. The van der Waals surface area contributed by atoms with Crippen molar-refractivity contribution in [3.05, 3.63) is 29.3 Å². The summed E-state index contributed by atoms with van der Waals surface area (Å²) in [6.45, 7) is 2.25. The van der Waals surface area contributed by atoms with Gasteiger partial charge < -0.3 is 9.84 Å². The van der Waals surface area contributed by atoms with Crippen LogP contribution in [0.1, 0.15) is 80.6 Å². The molecule has 0 bridgehead atoms. The van der Waals surface area contributed by atoms with Gasteiger partial charge in [-0.25, -0.2) is 4.79 Å². The molecule has 0 aromatic heterocycles. The Bertz CT molecular complexity index is 440. The Morgan fingerprint density at radius 3 is 2.14 bits per heavy atom. The third kappa shape index (κ3) is 6.97. The fourth-order valence-corrected chi connectivity index (χ4v) is 2.71. The van der Waals surface area contributed by atoms with Crippen LogP contribution in [0.2, 0.25) is 0 Å². The summed E-state index contributed by atoms with van der Waals surface area (Å²) < 4.78 is 5.31. The minimum absolute atomic E-state index is 0.285. The second-order valence-electron chi connectivity index (χ2n) is 5.91. The van der Waals surface area contributed by atoms with Gasteiger partial charge >= 0.3 is 5.97 Å². The Balaban J connectivity index is 2.23. The highest BCUT2D eigenvalue weighted by Crippen LogP contribution is 2.22. The van der Waals surface area contributed by atoms with Gasteiger partial charge in [-0.2, -0.15) is 0 Å². The second kappa shape index (κ2) is 11.1. The van der Waals surface area contributed by atoms with Crippen LogP contribution < -0.4 is 4.74 Å².